The molecule has 1 aromatic rings. The van der Waals surface area contributed by atoms with Crippen LogP contribution in [0.5, 0.6) is 0 Å². The predicted molar refractivity (Wildman–Crippen MR) is 75.9 cm³/mol. The summed E-state index contributed by atoms with van der Waals surface area (Å²) in [6.07, 6.45) is 7.67. The van der Waals surface area contributed by atoms with E-state index in [-0.39, 0.29) is 0 Å². The van der Waals surface area contributed by atoms with Crippen LogP contribution in [0.1, 0.15) is 43.2 Å². The van der Waals surface area contributed by atoms with Gasteiger partial charge in [-0.2, -0.15) is 0 Å². The molecule has 0 saturated heterocycles. The van der Waals surface area contributed by atoms with Gasteiger partial charge in [-0.15, -0.1) is 0 Å². The first-order valence-electron chi connectivity index (χ1n) is 6.67. The summed E-state index contributed by atoms with van der Waals surface area (Å²) < 4.78 is 0.812. The molecule has 1 heterocycles. The molecule has 1 spiro atoms. The van der Waals surface area contributed by atoms with Crippen LogP contribution in [-0.2, 0) is 10.6 Å². The number of hydrogen-bond donors (Lipinski definition) is 0. The zero-order valence-electron chi connectivity index (χ0n) is 10.3. The summed E-state index contributed by atoms with van der Waals surface area (Å²) >= 11 is 1.70. The Morgan fingerprint density at radius 1 is 0.882 bits per heavy atom. The monoisotopic (exact) mass is 360 g/mol. The molecule has 0 unspecified atom stereocenters. The van der Waals surface area contributed by atoms with Gasteiger partial charge in [0.1, 0.15) is 0 Å². The molecule has 1 saturated carbocycles. The predicted octanol–water partition coefficient (Wildman–Crippen LogP) is 3.65. The zero-order valence-corrected chi connectivity index (χ0v) is 13.7. The van der Waals surface area contributed by atoms with Gasteiger partial charge < -0.3 is 0 Å². The molecule has 0 N–H and O–H groups in total. The van der Waals surface area contributed by atoms with Crippen molar-refractivity contribution in [3.05, 3.63) is 35.4 Å². The van der Waals surface area contributed by atoms with Crippen LogP contribution >= 0.6 is 0 Å². The van der Waals surface area contributed by atoms with Crippen molar-refractivity contribution >= 4 is 29.9 Å². The van der Waals surface area contributed by atoms with Crippen molar-refractivity contribution in [2.75, 3.05) is 0 Å². The normalized spacial score (nSPS) is 23.8. The summed E-state index contributed by atoms with van der Waals surface area (Å²) in [5.74, 6) is 0. The van der Waals surface area contributed by atoms with Gasteiger partial charge >= 0.3 is 118 Å². The third kappa shape index (κ3) is 2.82. The first-order valence-corrected chi connectivity index (χ1v) is 11.2. The van der Waals surface area contributed by atoms with Gasteiger partial charge in [-0.1, -0.05) is 0 Å². The molecule has 17 heavy (non-hydrogen) atoms. The second kappa shape index (κ2) is 5.49. The first-order chi connectivity index (χ1) is 8.38. The third-order valence-electron chi connectivity index (χ3n) is 4.13. The molecule has 2 aliphatic rings. The van der Waals surface area contributed by atoms with Crippen LogP contribution in [0, 0.1) is 0 Å². The van der Waals surface area contributed by atoms with Gasteiger partial charge in [-0.25, -0.2) is 0 Å². The fourth-order valence-electron chi connectivity index (χ4n) is 3.00. The third-order valence-corrected chi connectivity index (χ3v) is 9.77. The second-order valence-electron chi connectivity index (χ2n) is 5.25. The molecule has 0 nitrogen and oxygen atoms in total. The van der Waals surface area contributed by atoms with Gasteiger partial charge in [0.15, 0.2) is 0 Å². The van der Waals surface area contributed by atoms with Crippen molar-refractivity contribution in [3.63, 3.8) is 0 Å². The number of hydrogen-bond acceptors (Lipinski definition) is 0. The summed E-state index contributed by atoms with van der Waals surface area (Å²) in [6, 6.07) is 9.23. The summed E-state index contributed by atoms with van der Waals surface area (Å²) in [5, 5.41) is 4.32. The molecule has 1 aliphatic carbocycles. The Labute approximate surface area is 117 Å². The Morgan fingerprint density at radius 3 is 2.35 bits per heavy atom. The molecule has 0 bridgehead atoms. The van der Waals surface area contributed by atoms with E-state index >= 15 is 0 Å². The maximum absolute atomic E-state index is 2.39. The average molecular weight is 358 g/mol. The second-order valence-corrected chi connectivity index (χ2v) is 10.6. The molecule has 0 radical (unpaired) electrons. The molecule has 1 fully saturated rings. The maximum atomic E-state index is 2.39. The molecule has 0 amide bonds. The van der Waals surface area contributed by atoms with Crippen LogP contribution in [0.3, 0.4) is 0 Å². The Hall–Kier alpha value is 0.259. The minimum atomic E-state index is 0.812. The van der Waals surface area contributed by atoms with E-state index in [0.29, 0.717) is 0 Å². The Balaban J connectivity index is 1.81. The van der Waals surface area contributed by atoms with Crippen molar-refractivity contribution < 1.29 is 0 Å². The SMILES string of the molecule is c1ccc2c(c1)C[Se]CCC1(CCCC1)[Se]C2. The summed E-state index contributed by atoms with van der Waals surface area (Å²) in [7, 11) is 0. The Morgan fingerprint density at radius 2 is 1.59 bits per heavy atom. The minimum absolute atomic E-state index is 0.812. The van der Waals surface area contributed by atoms with Crippen molar-refractivity contribution in [3.8, 4) is 0 Å². The van der Waals surface area contributed by atoms with Crippen LogP contribution in [0.2, 0.25) is 9.63 Å². The quantitative estimate of drug-likeness (QED) is 0.621. The summed E-state index contributed by atoms with van der Waals surface area (Å²) in [6.45, 7) is 0. The summed E-state index contributed by atoms with van der Waals surface area (Å²) in [4.78, 5) is 0. The zero-order chi connectivity index (χ0) is 11.6. The molecule has 0 atom stereocenters. The standard InChI is InChI=1S/C15H20Se2/c1-2-6-14-12-17-15(7-3-4-8-15)9-10-16-11-13(14)5-1/h1-2,5-6H,3-4,7-12H2. The molecule has 1 aliphatic heterocycles. The van der Waals surface area contributed by atoms with Crippen LogP contribution in [0.15, 0.2) is 24.3 Å². The number of benzene rings is 1. The van der Waals surface area contributed by atoms with E-state index in [9.17, 15) is 0 Å². The number of fused-ring (bicyclic) bond motifs is 1. The fraction of sp³-hybridized carbons (Fsp3) is 0.600. The van der Waals surface area contributed by atoms with Gasteiger partial charge in [0.05, 0.1) is 0 Å². The van der Waals surface area contributed by atoms with Gasteiger partial charge in [0, 0.05) is 0 Å². The van der Waals surface area contributed by atoms with E-state index < -0.39 is 0 Å². The van der Waals surface area contributed by atoms with Crippen molar-refractivity contribution in [2.45, 2.75) is 52.4 Å². The van der Waals surface area contributed by atoms with E-state index in [2.05, 4.69) is 24.3 Å². The van der Waals surface area contributed by atoms with Crippen molar-refractivity contribution in [2.24, 2.45) is 0 Å². The Kier molecular flexibility index (Phi) is 3.97. The topological polar surface area (TPSA) is 0 Å². The fourth-order valence-corrected chi connectivity index (χ4v) is 9.42. The van der Waals surface area contributed by atoms with Crippen LogP contribution in [0.4, 0.5) is 0 Å². The molecule has 3 rings (SSSR count). The molecular formula is C15H20Se2. The van der Waals surface area contributed by atoms with Gasteiger partial charge in [-0.05, 0) is 0 Å². The molecule has 2 heteroatoms. The van der Waals surface area contributed by atoms with E-state index in [4.69, 9.17) is 0 Å². The van der Waals surface area contributed by atoms with E-state index in [1.807, 2.05) is 0 Å². The van der Waals surface area contributed by atoms with E-state index in [1.165, 1.54) is 28.8 Å². The van der Waals surface area contributed by atoms with E-state index in [0.717, 1.165) is 34.2 Å². The average Bonchev–Trinajstić information content (AvgIpc) is 2.85. The Bertz CT molecular complexity index is 380. The van der Waals surface area contributed by atoms with Crippen LogP contribution in [0.25, 0.3) is 0 Å². The summed E-state index contributed by atoms with van der Waals surface area (Å²) in [5.41, 5.74) is 3.35. The first kappa shape index (κ1) is 12.3. The molecule has 1 aromatic carbocycles. The van der Waals surface area contributed by atoms with Crippen LogP contribution in [-0.4, -0.2) is 29.9 Å². The van der Waals surface area contributed by atoms with Crippen LogP contribution < -0.4 is 0 Å². The number of rotatable bonds is 0. The van der Waals surface area contributed by atoms with Crippen molar-refractivity contribution in [1.29, 1.82) is 0 Å². The van der Waals surface area contributed by atoms with Gasteiger partial charge in [0.2, 0.25) is 0 Å². The van der Waals surface area contributed by atoms with E-state index in [1.54, 1.807) is 30.4 Å². The van der Waals surface area contributed by atoms with Gasteiger partial charge in [0.25, 0.3) is 0 Å². The molecular weight excluding hydrogens is 338 g/mol. The van der Waals surface area contributed by atoms with Crippen molar-refractivity contribution in [1.82, 2.24) is 0 Å². The molecule has 92 valence electrons. The van der Waals surface area contributed by atoms with Gasteiger partial charge in [-0.3, -0.25) is 0 Å². The molecule has 0 aromatic heterocycles.